The van der Waals surface area contributed by atoms with Crippen molar-refractivity contribution in [3.63, 3.8) is 0 Å². The number of hydrogen-bond donors (Lipinski definition) is 2. The zero-order chi connectivity index (χ0) is 17.0. The number of aryl methyl sites for hydroxylation is 4. The molecule has 0 amide bonds. The molecule has 4 rings (SSSR count). The number of nitrogens with zero attached hydrogens (tertiary/aromatic N) is 2. The quantitative estimate of drug-likeness (QED) is 0.696. The van der Waals surface area contributed by atoms with Crippen molar-refractivity contribution in [3.8, 4) is 17.0 Å². The molecule has 1 unspecified atom stereocenters. The van der Waals surface area contributed by atoms with E-state index in [0.717, 1.165) is 33.8 Å². The fourth-order valence-corrected chi connectivity index (χ4v) is 3.58. The van der Waals surface area contributed by atoms with Crippen LogP contribution in [0.3, 0.4) is 0 Å². The Morgan fingerprint density at radius 2 is 1.79 bits per heavy atom. The number of phenolic OH excluding ortho intramolecular Hbond substituents is 1. The van der Waals surface area contributed by atoms with Crippen LogP contribution >= 0.6 is 0 Å². The van der Waals surface area contributed by atoms with Gasteiger partial charge in [-0.1, -0.05) is 23.3 Å². The molecule has 0 radical (unpaired) electrons. The zero-order valence-electron chi connectivity index (χ0n) is 14.4. The Bertz CT molecular complexity index is 956. The van der Waals surface area contributed by atoms with Gasteiger partial charge in [0.1, 0.15) is 5.75 Å². The summed E-state index contributed by atoms with van der Waals surface area (Å²) in [4.78, 5) is 0. The van der Waals surface area contributed by atoms with E-state index < -0.39 is 0 Å². The third kappa shape index (κ3) is 2.18. The lowest BCUT2D eigenvalue weighted by molar-refractivity contribution is 0.452. The SMILES string of the molecule is Cc1cc(C)c2c(c1)-c1cc(C)nn1C(c1cc(C)ccc1O)N2. The minimum Gasteiger partial charge on any atom is -0.508 e. The molecule has 4 heteroatoms. The van der Waals surface area contributed by atoms with Crippen LogP contribution in [0, 0.1) is 27.7 Å². The maximum absolute atomic E-state index is 10.4. The Morgan fingerprint density at radius 3 is 2.58 bits per heavy atom. The Labute approximate surface area is 141 Å². The van der Waals surface area contributed by atoms with E-state index in [4.69, 9.17) is 0 Å². The molecule has 0 fully saturated rings. The average molecular weight is 319 g/mol. The predicted molar refractivity (Wildman–Crippen MR) is 96.5 cm³/mol. The molecule has 1 aliphatic rings. The first kappa shape index (κ1) is 14.8. The Morgan fingerprint density at radius 1 is 1.00 bits per heavy atom. The van der Waals surface area contributed by atoms with Crippen molar-refractivity contribution in [3.05, 3.63) is 64.3 Å². The third-order valence-electron chi connectivity index (χ3n) is 4.62. The van der Waals surface area contributed by atoms with E-state index in [-0.39, 0.29) is 11.9 Å². The van der Waals surface area contributed by atoms with Crippen LogP contribution in [0.4, 0.5) is 5.69 Å². The van der Waals surface area contributed by atoms with Gasteiger partial charge in [0.25, 0.3) is 0 Å². The van der Waals surface area contributed by atoms with Gasteiger partial charge in [-0.3, -0.25) is 0 Å². The van der Waals surface area contributed by atoms with Crippen molar-refractivity contribution in [1.82, 2.24) is 9.78 Å². The molecule has 0 saturated heterocycles. The summed E-state index contributed by atoms with van der Waals surface area (Å²) in [6, 6.07) is 12.2. The number of aromatic nitrogens is 2. The first-order valence-electron chi connectivity index (χ1n) is 8.18. The molecule has 122 valence electrons. The number of fused-ring (bicyclic) bond motifs is 3. The Hall–Kier alpha value is -2.75. The van der Waals surface area contributed by atoms with Crippen LogP contribution < -0.4 is 5.32 Å². The fraction of sp³-hybridized carbons (Fsp3) is 0.250. The van der Waals surface area contributed by atoms with Crippen LogP contribution in [-0.2, 0) is 0 Å². The molecule has 0 saturated carbocycles. The Balaban J connectivity index is 1.97. The maximum atomic E-state index is 10.4. The lowest BCUT2D eigenvalue weighted by Gasteiger charge is -2.31. The van der Waals surface area contributed by atoms with Gasteiger partial charge in [0.15, 0.2) is 6.17 Å². The average Bonchev–Trinajstić information content (AvgIpc) is 2.91. The van der Waals surface area contributed by atoms with Gasteiger partial charge < -0.3 is 10.4 Å². The summed E-state index contributed by atoms with van der Waals surface area (Å²) in [6.07, 6.45) is -0.220. The standard InChI is InChI=1S/C20H21N3O/c1-11-5-6-18(24)16(8-11)20-21-19-13(3)7-12(2)9-15(19)17-10-14(4)22-23(17)20/h5-10,20-21,24H,1-4H3. The second-order valence-corrected chi connectivity index (χ2v) is 6.73. The number of rotatable bonds is 1. The summed E-state index contributed by atoms with van der Waals surface area (Å²) in [6.45, 7) is 8.26. The number of aromatic hydroxyl groups is 1. The molecule has 2 heterocycles. The highest BCUT2D eigenvalue weighted by molar-refractivity contribution is 5.82. The van der Waals surface area contributed by atoms with E-state index in [1.165, 1.54) is 11.1 Å². The molecule has 0 spiro atoms. The number of benzene rings is 2. The second-order valence-electron chi connectivity index (χ2n) is 6.73. The molecule has 4 nitrogen and oxygen atoms in total. The van der Waals surface area contributed by atoms with Crippen LogP contribution in [0.25, 0.3) is 11.3 Å². The topological polar surface area (TPSA) is 50.1 Å². The highest BCUT2D eigenvalue weighted by Gasteiger charge is 2.29. The van der Waals surface area contributed by atoms with Crippen LogP contribution in [0.15, 0.2) is 36.4 Å². The van der Waals surface area contributed by atoms with Crippen LogP contribution in [-0.4, -0.2) is 14.9 Å². The van der Waals surface area contributed by atoms with Gasteiger partial charge in [-0.05, 0) is 57.5 Å². The van der Waals surface area contributed by atoms with E-state index in [2.05, 4.69) is 42.5 Å². The van der Waals surface area contributed by atoms with Gasteiger partial charge in [0, 0.05) is 16.8 Å². The second kappa shape index (κ2) is 5.13. The summed E-state index contributed by atoms with van der Waals surface area (Å²) in [5.74, 6) is 0.283. The molecule has 2 N–H and O–H groups in total. The molecule has 0 bridgehead atoms. The van der Waals surface area contributed by atoms with E-state index in [9.17, 15) is 5.11 Å². The van der Waals surface area contributed by atoms with Gasteiger partial charge in [-0.25, -0.2) is 4.68 Å². The van der Waals surface area contributed by atoms with Gasteiger partial charge in [0.2, 0.25) is 0 Å². The van der Waals surface area contributed by atoms with Gasteiger partial charge >= 0.3 is 0 Å². The summed E-state index contributed by atoms with van der Waals surface area (Å²) < 4.78 is 1.98. The number of phenols is 1. The molecule has 1 aliphatic heterocycles. The summed E-state index contributed by atoms with van der Waals surface area (Å²) in [5, 5.41) is 18.7. The lowest BCUT2D eigenvalue weighted by Crippen LogP contribution is -2.26. The molecular weight excluding hydrogens is 298 g/mol. The molecule has 3 aromatic rings. The minimum absolute atomic E-state index is 0.220. The number of nitrogens with one attached hydrogen (secondary N) is 1. The van der Waals surface area contributed by atoms with Crippen LogP contribution in [0.2, 0.25) is 0 Å². The first-order chi connectivity index (χ1) is 11.4. The third-order valence-corrected chi connectivity index (χ3v) is 4.62. The molecule has 0 aliphatic carbocycles. The molecule has 24 heavy (non-hydrogen) atoms. The molecule has 2 aromatic carbocycles. The maximum Gasteiger partial charge on any atom is 0.150 e. The zero-order valence-corrected chi connectivity index (χ0v) is 14.4. The van der Waals surface area contributed by atoms with Crippen LogP contribution in [0.1, 0.15) is 34.1 Å². The lowest BCUT2D eigenvalue weighted by atomic mass is 9.97. The fourth-order valence-electron chi connectivity index (χ4n) is 3.58. The number of hydrogen-bond acceptors (Lipinski definition) is 3. The largest absolute Gasteiger partial charge is 0.508 e. The van der Waals surface area contributed by atoms with Gasteiger partial charge in [-0.2, -0.15) is 5.10 Å². The summed E-state index contributed by atoms with van der Waals surface area (Å²) >= 11 is 0. The van der Waals surface area contributed by atoms with Crippen molar-refractivity contribution in [1.29, 1.82) is 0 Å². The highest BCUT2D eigenvalue weighted by Crippen LogP contribution is 2.42. The van der Waals surface area contributed by atoms with E-state index in [1.54, 1.807) is 6.07 Å². The molecule has 1 aromatic heterocycles. The first-order valence-corrected chi connectivity index (χ1v) is 8.18. The number of anilines is 1. The van der Waals surface area contributed by atoms with Crippen molar-refractivity contribution in [2.45, 2.75) is 33.9 Å². The molecular formula is C20H21N3O. The predicted octanol–water partition coefficient (Wildman–Crippen LogP) is 4.46. The van der Waals surface area contributed by atoms with E-state index in [1.807, 2.05) is 30.7 Å². The van der Waals surface area contributed by atoms with Crippen molar-refractivity contribution >= 4 is 5.69 Å². The Kier molecular flexibility index (Phi) is 3.17. The van der Waals surface area contributed by atoms with Crippen LogP contribution in [0.5, 0.6) is 5.75 Å². The smallest absolute Gasteiger partial charge is 0.150 e. The monoisotopic (exact) mass is 319 g/mol. The normalized spacial score (nSPS) is 15.6. The summed E-state index contributed by atoms with van der Waals surface area (Å²) in [7, 11) is 0. The van der Waals surface area contributed by atoms with E-state index >= 15 is 0 Å². The highest BCUT2D eigenvalue weighted by atomic mass is 16.3. The van der Waals surface area contributed by atoms with Gasteiger partial charge in [-0.15, -0.1) is 0 Å². The summed E-state index contributed by atoms with van der Waals surface area (Å²) in [5.41, 5.74) is 8.71. The van der Waals surface area contributed by atoms with Crippen molar-refractivity contribution in [2.75, 3.05) is 5.32 Å². The molecule has 1 atom stereocenters. The van der Waals surface area contributed by atoms with E-state index in [0.29, 0.717) is 0 Å². The van der Waals surface area contributed by atoms with Gasteiger partial charge in [0.05, 0.1) is 11.4 Å². The minimum atomic E-state index is -0.220. The van der Waals surface area contributed by atoms with Crippen molar-refractivity contribution in [2.24, 2.45) is 0 Å². The van der Waals surface area contributed by atoms with Crippen molar-refractivity contribution < 1.29 is 5.11 Å².